The first-order valence-corrected chi connectivity index (χ1v) is 11.1. The topological polar surface area (TPSA) is 88.9 Å². The van der Waals surface area contributed by atoms with Crippen LogP contribution in [0.5, 0.6) is 11.5 Å². The van der Waals surface area contributed by atoms with E-state index in [-0.39, 0.29) is 5.91 Å². The van der Waals surface area contributed by atoms with Crippen LogP contribution in [0.1, 0.15) is 16.2 Å². The second-order valence-electron chi connectivity index (χ2n) is 8.45. The fourth-order valence-corrected chi connectivity index (χ4v) is 3.99. The molecule has 0 radical (unpaired) electrons. The molecule has 1 aliphatic heterocycles. The normalized spacial score (nSPS) is 13.7. The van der Waals surface area contributed by atoms with E-state index in [4.69, 9.17) is 9.47 Å². The van der Waals surface area contributed by atoms with Gasteiger partial charge in [0.05, 0.1) is 19.9 Å². The zero-order valence-electron chi connectivity index (χ0n) is 20.6. The minimum atomic E-state index is -0.0538. The van der Waals surface area contributed by atoms with E-state index >= 15 is 0 Å². The number of hydrogen-bond acceptors (Lipinski definition) is 8. The van der Waals surface area contributed by atoms with Crippen molar-refractivity contribution in [3.05, 3.63) is 41.7 Å². The Morgan fingerprint density at radius 1 is 1.00 bits per heavy atom. The Bertz CT molecular complexity index is 1180. The summed E-state index contributed by atoms with van der Waals surface area (Å²) in [5, 5.41) is 4.58. The number of carbonyl (C=O) groups is 1. The van der Waals surface area contributed by atoms with Crippen LogP contribution < -0.4 is 19.3 Å². The number of aryl methyl sites for hydroxylation is 2. The SMILES string of the molecule is COc1ccc(OC)c(-c2cc(C(=O)N3CCN(c4nc(C)cc(N(C)C)n4)CC3)n(C)n2)c1. The molecule has 1 saturated heterocycles. The molecule has 34 heavy (non-hydrogen) atoms. The van der Waals surface area contributed by atoms with Crippen molar-refractivity contribution >= 4 is 17.7 Å². The highest BCUT2D eigenvalue weighted by molar-refractivity contribution is 5.94. The molecule has 2 aromatic heterocycles. The Labute approximate surface area is 199 Å². The summed E-state index contributed by atoms with van der Waals surface area (Å²) in [7, 11) is 8.93. The summed E-state index contributed by atoms with van der Waals surface area (Å²) in [5.41, 5.74) is 2.87. The minimum absolute atomic E-state index is 0.0538. The molecule has 10 heteroatoms. The first-order valence-electron chi connectivity index (χ1n) is 11.1. The average molecular weight is 466 g/mol. The lowest BCUT2D eigenvalue weighted by molar-refractivity contribution is 0.0735. The highest BCUT2D eigenvalue weighted by atomic mass is 16.5. The number of nitrogens with zero attached hydrogens (tertiary/aromatic N) is 7. The number of amides is 1. The van der Waals surface area contributed by atoms with Gasteiger partial charge in [-0.2, -0.15) is 10.1 Å². The van der Waals surface area contributed by atoms with Crippen LogP contribution in [-0.2, 0) is 7.05 Å². The van der Waals surface area contributed by atoms with Crippen LogP contribution in [0.4, 0.5) is 11.8 Å². The smallest absolute Gasteiger partial charge is 0.272 e. The standard InChI is InChI=1S/C24H31N7O3/c1-16-13-22(28(2)3)26-24(25-16)31-11-9-30(10-12-31)23(32)20-15-19(27-29(20)4)18-14-17(33-5)7-8-21(18)34-6/h7-8,13-15H,9-12H2,1-6H3. The summed E-state index contributed by atoms with van der Waals surface area (Å²) in [6, 6.07) is 9.28. The summed E-state index contributed by atoms with van der Waals surface area (Å²) in [5.74, 6) is 2.88. The van der Waals surface area contributed by atoms with Gasteiger partial charge in [0.2, 0.25) is 5.95 Å². The van der Waals surface area contributed by atoms with E-state index in [1.54, 1.807) is 32.0 Å². The van der Waals surface area contributed by atoms with Crippen LogP contribution in [0.15, 0.2) is 30.3 Å². The zero-order chi connectivity index (χ0) is 24.4. The Balaban J connectivity index is 1.50. The van der Waals surface area contributed by atoms with Gasteiger partial charge in [-0.05, 0) is 31.2 Å². The Kier molecular flexibility index (Phi) is 6.58. The first-order chi connectivity index (χ1) is 16.3. The van der Waals surface area contributed by atoms with E-state index in [9.17, 15) is 4.79 Å². The summed E-state index contributed by atoms with van der Waals surface area (Å²) >= 11 is 0. The number of ether oxygens (including phenoxy) is 2. The number of methoxy groups -OCH3 is 2. The molecule has 0 saturated carbocycles. The van der Waals surface area contributed by atoms with Crippen molar-refractivity contribution in [3.63, 3.8) is 0 Å². The molecule has 180 valence electrons. The van der Waals surface area contributed by atoms with Gasteiger partial charge in [-0.1, -0.05) is 0 Å². The number of aromatic nitrogens is 4. The molecular formula is C24H31N7O3. The van der Waals surface area contributed by atoms with Crippen molar-refractivity contribution in [2.75, 3.05) is 64.3 Å². The summed E-state index contributed by atoms with van der Waals surface area (Å²) in [6.07, 6.45) is 0. The van der Waals surface area contributed by atoms with Gasteiger partial charge in [-0.3, -0.25) is 9.48 Å². The van der Waals surface area contributed by atoms with E-state index in [0.717, 1.165) is 17.1 Å². The minimum Gasteiger partial charge on any atom is -0.497 e. The lowest BCUT2D eigenvalue weighted by Gasteiger charge is -2.35. The fraction of sp³-hybridized carbons (Fsp3) is 0.417. The van der Waals surface area contributed by atoms with Gasteiger partial charge in [0.25, 0.3) is 5.91 Å². The lowest BCUT2D eigenvalue weighted by Crippen LogP contribution is -2.49. The monoisotopic (exact) mass is 465 g/mol. The second kappa shape index (κ2) is 9.58. The number of carbonyl (C=O) groups excluding carboxylic acids is 1. The maximum atomic E-state index is 13.3. The molecule has 10 nitrogen and oxygen atoms in total. The van der Waals surface area contributed by atoms with Crippen LogP contribution in [0, 0.1) is 6.92 Å². The lowest BCUT2D eigenvalue weighted by atomic mass is 10.1. The summed E-state index contributed by atoms with van der Waals surface area (Å²) in [6.45, 7) is 4.45. The molecule has 1 aromatic carbocycles. The molecule has 3 heterocycles. The third kappa shape index (κ3) is 4.61. The van der Waals surface area contributed by atoms with Gasteiger partial charge in [0.15, 0.2) is 0 Å². The van der Waals surface area contributed by atoms with E-state index in [1.165, 1.54) is 0 Å². The largest absolute Gasteiger partial charge is 0.497 e. The molecule has 0 aliphatic carbocycles. The van der Waals surface area contributed by atoms with E-state index in [2.05, 4.69) is 20.0 Å². The predicted molar refractivity (Wildman–Crippen MR) is 131 cm³/mol. The average Bonchev–Trinajstić information content (AvgIpc) is 3.24. The number of piperazine rings is 1. The first kappa shape index (κ1) is 23.3. The predicted octanol–water partition coefficient (Wildman–Crippen LogP) is 2.23. The molecule has 3 aromatic rings. The van der Waals surface area contributed by atoms with Gasteiger partial charge in [0.1, 0.15) is 23.0 Å². The van der Waals surface area contributed by atoms with Crippen molar-refractivity contribution in [1.29, 1.82) is 0 Å². The van der Waals surface area contributed by atoms with Crippen LogP contribution in [-0.4, -0.2) is 85.0 Å². The number of hydrogen-bond donors (Lipinski definition) is 0. The van der Waals surface area contributed by atoms with Gasteiger partial charge in [-0.15, -0.1) is 0 Å². The van der Waals surface area contributed by atoms with Crippen molar-refractivity contribution in [2.45, 2.75) is 6.92 Å². The van der Waals surface area contributed by atoms with Crippen molar-refractivity contribution in [2.24, 2.45) is 7.05 Å². The van der Waals surface area contributed by atoms with Gasteiger partial charge in [-0.25, -0.2) is 4.98 Å². The Morgan fingerprint density at radius 3 is 2.38 bits per heavy atom. The molecule has 1 fully saturated rings. The summed E-state index contributed by atoms with van der Waals surface area (Å²) < 4.78 is 12.5. The third-order valence-electron chi connectivity index (χ3n) is 5.92. The van der Waals surface area contributed by atoms with Crippen LogP contribution in [0.25, 0.3) is 11.3 Å². The van der Waals surface area contributed by atoms with E-state index in [0.29, 0.717) is 55.0 Å². The zero-order valence-corrected chi connectivity index (χ0v) is 20.6. The quantitative estimate of drug-likeness (QED) is 0.548. The van der Waals surface area contributed by atoms with Crippen LogP contribution in [0.2, 0.25) is 0 Å². The Morgan fingerprint density at radius 2 is 1.74 bits per heavy atom. The number of benzene rings is 1. The van der Waals surface area contributed by atoms with Gasteiger partial charge < -0.3 is 24.2 Å². The maximum absolute atomic E-state index is 13.3. The van der Waals surface area contributed by atoms with Gasteiger partial charge >= 0.3 is 0 Å². The molecule has 1 aliphatic rings. The third-order valence-corrected chi connectivity index (χ3v) is 5.92. The van der Waals surface area contributed by atoms with Crippen molar-refractivity contribution < 1.29 is 14.3 Å². The maximum Gasteiger partial charge on any atom is 0.272 e. The number of anilines is 2. The molecule has 4 rings (SSSR count). The van der Waals surface area contributed by atoms with Crippen molar-refractivity contribution in [1.82, 2.24) is 24.6 Å². The highest BCUT2D eigenvalue weighted by Crippen LogP contribution is 2.33. The van der Waals surface area contributed by atoms with E-state index < -0.39 is 0 Å². The molecule has 0 N–H and O–H groups in total. The van der Waals surface area contributed by atoms with Crippen molar-refractivity contribution in [3.8, 4) is 22.8 Å². The molecule has 0 unspecified atom stereocenters. The van der Waals surface area contributed by atoms with Gasteiger partial charge in [0, 0.05) is 64.6 Å². The highest BCUT2D eigenvalue weighted by Gasteiger charge is 2.27. The van der Waals surface area contributed by atoms with Crippen LogP contribution >= 0.6 is 0 Å². The molecule has 0 spiro atoms. The Hall–Kier alpha value is -3.82. The van der Waals surface area contributed by atoms with Crippen LogP contribution in [0.3, 0.4) is 0 Å². The number of rotatable bonds is 6. The molecular weight excluding hydrogens is 434 g/mol. The molecule has 1 amide bonds. The second-order valence-corrected chi connectivity index (χ2v) is 8.45. The summed E-state index contributed by atoms with van der Waals surface area (Å²) in [4.78, 5) is 28.5. The molecule has 0 bridgehead atoms. The fourth-order valence-electron chi connectivity index (χ4n) is 3.99. The molecule has 0 atom stereocenters. The van der Waals surface area contributed by atoms with E-state index in [1.807, 2.05) is 55.1 Å².